The van der Waals surface area contributed by atoms with Crippen LogP contribution in [-0.2, 0) is 42.9 Å². The highest BCUT2D eigenvalue weighted by molar-refractivity contribution is 5.76. The Bertz CT molecular complexity index is 1100. The van der Waals surface area contributed by atoms with Gasteiger partial charge in [-0.05, 0) is 102 Å². The average Bonchev–Trinajstić information content (AvgIpc) is 2.98. The molecule has 1 N–H and O–H groups in total. The minimum Gasteiger partial charge on any atom is -0.481 e. The van der Waals surface area contributed by atoms with Gasteiger partial charge in [0.2, 0.25) is 0 Å². The van der Waals surface area contributed by atoms with Gasteiger partial charge in [0.1, 0.15) is 22.4 Å². The topological polar surface area (TPSA) is 152 Å². The zero-order chi connectivity index (χ0) is 37.6. The van der Waals surface area contributed by atoms with E-state index in [2.05, 4.69) is 0 Å². The first-order valence-electron chi connectivity index (χ1n) is 17.5. The lowest BCUT2D eigenvalue weighted by Gasteiger charge is -2.46. The van der Waals surface area contributed by atoms with Gasteiger partial charge in [-0.1, -0.05) is 12.8 Å². The zero-order valence-corrected chi connectivity index (χ0v) is 32.1. The van der Waals surface area contributed by atoms with Crippen molar-refractivity contribution in [2.75, 3.05) is 39.3 Å². The molecule has 13 heteroatoms. The van der Waals surface area contributed by atoms with Crippen molar-refractivity contribution >= 4 is 29.8 Å². The maximum absolute atomic E-state index is 13.5. The Labute approximate surface area is 293 Å². The molecule has 1 heterocycles. The van der Waals surface area contributed by atoms with Crippen LogP contribution in [-0.4, -0.2) is 129 Å². The summed E-state index contributed by atoms with van der Waals surface area (Å²) in [7, 11) is 0. The molecule has 1 aliphatic carbocycles. The highest BCUT2D eigenvalue weighted by Crippen LogP contribution is 2.37. The summed E-state index contributed by atoms with van der Waals surface area (Å²) in [6.45, 7) is 20.5. The first kappa shape index (κ1) is 42.4. The van der Waals surface area contributed by atoms with Crippen LogP contribution in [0.2, 0.25) is 0 Å². The van der Waals surface area contributed by atoms with Crippen molar-refractivity contribution in [2.45, 2.75) is 162 Å². The number of carbonyl (C=O) groups is 5. The molecule has 49 heavy (non-hydrogen) atoms. The average molecular weight is 698 g/mol. The quantitative estimate of drug-likeness (QED) is 0.229. The second-order valence-corrected chi connectivity index (χ2v) is 17.5. The molecule has 1 saturated heterocycles. The molecule has 13 nitrogen and oxygen atoms in total. The van der Waals surface area contributed by atoms with Gasteiger partial charge in [0.05, 0.1) is 26.2 Å². The van der Waals surface area contributed by atoms with Crippen LogP contribution in [0.1, 0.15) is 122 Å². The second-order valence-electron chi connectivity index (χ2n) is 17.5. The van der Waals surface area contributed by atoms with Gasteiger partial charge >= 0.3 is 29.8 Å². The van der Waals surface area contributed by atoms with Gasteiger partial charge in [-0.2, -0.15) is 0 Å². The summed E-state index contributed by atoms with van der Waals surface area (Å²) in [5.74, 6) is -3.17. The largest absolute Gasteiger partial charge is 0.481 e. The number of hydrogen-bond donors (Lipinski definition) is 1. The smallest absolute Gasteiger partial charge is 0.320 e. The minimum absolute atomic E-state index is 0.00298. The van der Waals surface area contributed by atoms with Gasteiger partial charge < -0.3 is 24.1 Å². The van der Waals surface area contributed by atoms with Crippen LogP contribution < -0.4 is 0 Å². The normalized spacial score (nSPS) is 20.9. The number of nitrogens with zero attached hydrogens (tertiary/aromatic N) is 3. The molecule has 0 spiro atoms. The third-order valence-electron chi connectivity index (χ3n) is 8.09. The number of fused-ring (bicyclic) bond motifs is 1. The van der Waals surface area contributed by atoms with Crippen LogP contribution >= 0.6 is 0 Å². The van der Waals surface area contributed by atoms with Crippen LogP contribution in [0.3, 0.4) is 0 Å². The third-order valence-corrected chi connectivity index (χ3v) is 8.09. The van der Waals surface area contributed by atoms with Crippen LogP contribution in [0.15, 0.2) is 0 Å². The predicted molar refractivity (Wildman–Crippen MR) is 184 cm³/mol. The van der Waals surface area contributed by atoms with E-state index in [0.29, 0.717) is 0 Å². The summed E-state index contributed by atoms with van der Waals surface area (Å²) in [5.41, 5.74) is -4.36. The molecule has 0 aromatic carbocycles. The van der Waals surface area contributed by atoms with Crippen LogP contribution in [0, 0.1) is 0 Å². The number of carboxylic acid groups (broad SMARTS) is 1. The van der Waals surface area contributed by atoms with E-state index in [1.165, 1.54) is 0 Å². The van der Waals surface area contributed by atoms with E-state index >= 15 is 0 Å². The fourth-order valence-electron chi connectivity index (χ4n) is 6.72. The third kappa shape index (κ3) is 15.3. The molecule has 0 aromatic heterocycles. The number of rotatable bonds is 12. The molecule has 2 rings (SSSR count). The fraction of sp³-hybridized carbons (Fsp3) is 0.861. The Morgan fingerprint density at radius 3 is 1.24 bits per heavy atom. The first-order valence-corrected chi connectivity index (χ1v) is 17.5. The van der Waals surface area contributed by atoms with Gasteiger partial charge in [0.25, 0.3) is 0 Å². The number of hydrogen-bond acceptors (Lipinski definition) is 12. The van der Waals surface area contributed by atoms with Crippen molar-refractivity contribution in [3.8, 4) is 0 Å². The predicted octanol–water partition coefficient (Wildman–Crippen LogP) is 4.19. The van der Waals surface area contributed by atoms with Crippen molar-refractivity contribution in [1.82, 2.24) is 14.7 Å². The van der Waals surface area contributed by atoms with Crippen LogP contribution in [0.25, 0.3) is 0 Å². The van der Waals surface area contributed by atoms with E-state index < -0.39 is 57.8 Å². The number of esters is 4. The lowest BCUT2D eigenvalue weighted by molar-refractivity contribution is -0.166. The van der Waals surface area contributed by atoms with Crippen molar-refractivity contribution < 1.29 is 48.0 Å². The maximum Gasteiger partial charge on any atom is 0.320 e. The molecule has 2 atom stereocenters. The highest BCUT2D eigenvalue weighted by atomic mass is 16.6. The monoisotopic (exact) mass is 697 g/mol. The Morgan fingerprint density at radius 2 is 0.939 bits per heavy atom. The van der Waals surface area contributed by atoms with E-state index in [4.69, 9.17) is 18.9 Å². The van der Waals surface area contributed by atoms with E-state index in [1.54, 1.807) is 88.0 Å². The fourth-order valence-corrected chi connectivity index (χ4v) is 6.72. The molecule has 1 saturated carbocycles. The summed E-state index contributed by atoms with van der Waals surface area (Å²) >= 11 is 0. The standard InChI is InChI=1S/C36H63N3O10/c1-32(2,3)46-28(42)19-37-23-36(18-17-27(40)41,39(21-30(44)48-34(7,8)9)22-31(45)49-35(10,11)12)24-38(20-29(43)47-33(4,5)6)26-16-14-13-15-25(26)37/h25-26H,13-24H2,1-12H3,(H,40,41)/t25-,26-/m1/s1. The van der Waals surface area contributed by atoms with Crippen molar-refractivity contribution in [1.29, 1.82) is 0 Å². The molecular weight excluding hydrogens is 634 g/mol. The van der Waals surface area contributed by atoms with Gasteiger partial charge in [-0.25, -0.2) is 0 Å². The molecule has 0 amide bonds. The zero-order valence-electron chi connectivity index (χ0n) is 32.1. The molecule has 282 valence electrons. The molecular formula is C36H63N3O10. The van der Waals surface area contributed by atoms with Crippen molar-refractivity contribution in [3.63, 3.8) is 0 Å². The number of ether oxygens (including phenoxy) is 4. The van der Waals surface area contributed by atoms with Crippen molar-refractivity contribution in [2.24, 2.45) is 0 Å². The SMILES string of the molecule is CC(C)(C)OC(=O)CN1CC(CCC(=O)O)(N(CC(=O)OC(C)(C)C)CC(=O)OC(C)(C)C)CN(CC(=O)OC(C)(C)C)[C@@H]2CCCC[C@H]21. The van der Waals surface area contributed by atoms with Crippen molar-refractivity contribution in [3.05, 3.63) is 0 Å². The summed E-state index contributed by atoms with van der Waals surface area (Å²) in [6.07, 6.45) is 2.96. The van der Waals surface area contributed by atoms with E-state index in [1.807, 2.05) is 9.80 Å². The van der Waals surface area contributed by atoms with E-state index in [9.17, 15) is 29.1 Å². The van der Waals surface area contributed by atoms with Crippen LogP contribution in [0.4, 0.5) is 0 Å². The lowest BCUT2D eigenvalue weighted by atomic mass is 9.88. The minimum atomic E-state index is -1.23. The molecule has 0 aromatic rings. The molecule has 1 aliphatic heterocycles. The van der Waals surface area contributed by atoms with Gasteiger partial charge in [-0.3, -0.25) is 38.7 Å². The molecule has 2 fully saturated rings. The molecule has 0 radical (unpaired) electrons. The summed E-state index contributed by atoms with van der Waals surface area (Å²) < 4.78 is 22.9. The van der Waals surface area contributed by atoms with E-state index in [-0.39, 0.29) is 64.2 Å². The Balaban J connectivity index is 2.81. The number of carboxylic acids is 1. The summed E-state index contributed by atoms with van der Waals surface area (Å²) in [5, 5.41) is 9.99. The van der Waals surface area contributed by atoms with E-state index in [0.717, 1.165) is 25.7 Å². The molecule has 0 bridgehead atoms. The first-order chi connectivity index (χ1) is 22.2. The number of carbonyl (C=O) groups excluding carboxylic acids is 4. The number of aliphatic carboxylic acids is 1. The summed E-state index contributed by atoms with van der Waals surface area (Å²) in [6, 6.07) is -0.388. The molecule has 0 unspecified atom stereocenters. The Kier molecular flexibility index (Phi) is 14.3. The summed E-state index contributed by atoms with van der Waals surface area (Å²) in [4.78, 5) is 71.8. The van der Waals surface area contributed by atoms with Gasteiger partial charge in [0.15, 0.2) is 0 Å². The van der Waals surface area contributed by atoms with Gasteiger partial charge in [-0.15, -0.1) is 0 Å². The van der Waals surface area contributed by atoms with Gasteiger partial charge in [0, 0.05) is 37.1 Å². The second kappa shape index (κ2) is 16.5. The Morgan fingerprint density at radius 1 is 0.612 bits per heavy atom. The molecule has 2 aliphatic rings. The highest BCUT2D eigenvalue weighted by Gasteiger charge is 2.50. The van der Waals surface area contributed by atoms with Crippen LogP contribution in [0.5, 0.6) is 0 Å². The maximum atomic E-state index is 13.5. The lowest BCUT2D eigenvalue weighted by Crippen LogP contribution is -2.63. The Hall–Kier alpha value is -2.77.